The Labute approximate surface area is 123 Å². The van der Waals surface area contributed by atoms with Gasteiger partial charge in [-0.3, -0.25) is 9.67 Å². The molecule has 5 nitrogen and oxygen atoms in total. The lowest BCUT2D eigenvalue weighted by Gasteiger charge is -2.07. The van der Waals surface area contributed by atoms with Gasteiger partial charge in [0.25, 0.3) is 0 Å². The van der Waals surface area contributed by atoms with E-state index < -0.39 is 0 Å². The smallest absolute Gasteiger partial charge is 0.0729 e. The van der Waals surface area contributed by atoms with Gasteiger partial charge in [0.15, 0.2) is 0 Å². The van der Waals surface area contributed by atoms with Gasteiger partial charge >= 0.3 is 0 Å². The van der Waals surface area contributed by atoms with E-state index in [1.54, 1.807) is 7.11 Å². The summed E-state index contributed by atoms with van der Waals surface area (Å²) in [6.07, 6.45) is 7.55. The molecule has 0 atom stereocenters. The molecule has 0 aliphatic carbocycles. The maximum absolute atomic E-state index is 5.05. The summed E-state index contributed by atoms with van der Waals surface area (Å²) in [5.41, 5.74) is 2.26. The topological polar surface area (TPSA) is 52.0 Å². The fourth-order valence-electron chi connectivity index (χ4n) is 2.30. The summed E-state index contributed by atoms with van der Waals surface area (Å²) >= 11 is 0. The van der Waals surface area contributed by atoms with Crippen molar-refractivity contribution in [2.75, 3.05) is 19.0 Å². The molecular weight excluding hydrogens is 264 g/mol. The molecular formula is C16H18N4O. The maximum atomic E-state index is 5.05. The molecule has 0 aliphatic heterocycles. The average molecular weight is 282 g/mol. The molecule has 0 saturated carbocycles. The highest BCUT2D eigenvalue weighted by molar-refractivity contribution is 5.84. The van der Waals surface area contributed by atoms with Crippen LogP contribution in [0.1, 0.15) is 5.56 Å². The van der Waals surface area contributed by atoms with E-state index in [1.165, 1.54) is 10.9 Å². The summed E-state index contributed by atoms with van der Waals surface area (Å²) in [5.74, 6) is 0. The molecule has 0 spiro atoms. The number of rotatable bonds is 6. The Hall–Kier alpha value is -2.40. The van der Waals surface area contributed by atoms with Crippen LogP contribution in [-0.4, -0.2) is 28.5 Å². The summed E-state index contributed by atoms with van der Waals surface area (Å²) in [6.45, 7) is 2.19. The van der Waals surface area contributed by atoms with Crippen LogP contribution in [0, 0.1) is 0 Å². The number of nitrogens with zero attached hydrogens (tertiary/aromatic N) is 3. The van der Waals surface area contributed by atoms with E-state index in [0.717, 1.165) is 24.2 Å². The zero-order chi connectivity index (χ0) is 14.5. The molecule has 5 heteroatoms. The van der Waals surface area contributed by atoms with Gasteiger partial charge < -0.3 is 10.1 Å². The fourth-order valence-corrected chi connectivity index (χ4v) is 2.30. The number of benzene rings is 1. The summed E-state index contributed by atoms with van der Waals surface area (Å²) in [7, 11) is 1.69. The molecule has 0 saturated heterocycles. The van der Waals surface area contributed by atoms with E-state index in [1.807, 2.05) is 35.5 Å². The van der Waals surface area contributed by atoms with E-state index >= 15 is 0 Å². The third-order valence-electron chi connectivity index (χ3n) is 3.41. The lowest BCUT2D eigenvalue weighted by molar-refractivity contribution is 0.183. The summed E-state index contributed by atoms with van der Waals surface area (Å²) < 4.78 is 6.92. The lowest BCUT2D eigenvalue weighted by Crippen LogP contribution is -2.04. The van der Waals surface area contributed by atoms with Crippen LogP contribution in [0.25, 0.3) is 10.8 Å². The van der Waals surface area contributed by atoms with Crippen LogP contribution in [-0.2, 0) is 17.8 Å². The minimum atomic E-state index is 0.664. The number of anilines is 1. The number of hydrogen-bond donors (Lipinski definition) is 1. The Bertz CT molecular complexity index is 718. The highest BCUT2D eigenvalue weighted by Crippen LogP contribution is 2.18. The molecule has 2 aromatic heterocycles. The van der Waals surface area contributed by atoms with Gasteiger partial charge in [0.1, 0.15) is 0 Å². The zero-order valence-corrected chi connectivity index (χ0v) is 12.0. The second kappa shape index (κ2) is 6.37. The first kappa shape index (κ1) is 13.6. The number of nitrogens with one attached hydrogen (secondary N) is 1. The van der Waals surface area contributed by atoms with E-state index in [2.05, 4.69) is 33.6 Å². The van der Waals surface area contributed by atoms with E-state index in [4.69, 9.17) is 4.74 Å². The minimum Gasteiger partial charge on any atom is -0.383 e. The average Bonchev–Trinajstić information content (AvgIpc) is 2.99. The number of aromatic nitrogens is 3. The van der Waals surface area contributed by atoms with Gasteiger partial charge in [-0.25, -0.2) is 0 Å². The van der Waals surface area contributed by atoms with Crippen LogP contribution in [0.2, 0.25) is 0 Å². The van der Waals surface area contributed by atoms with Crippen molar-refractivity contribution in [3.63, 3.8) is 0 Å². The maximum Gasteiger partial charge on any atom is 0.0729 e. The Morgan fingerprint density at radius 1 is 1.24 bits per heavy atom. The van der Waals surface area contributed by atoms with Crippen LogP contribution in [0.3, 0.4) is 0 Å². The Morgan fingerprint density at radius 2 is 2.19 bits per heavy atom. The first-order chi connectivity index (χ1) is 10.4. The summed E-state index contributed by atoms with van der Waals surface area (Å²) in [5, 5.41) is 10.1. The SMILES string of the molecule is COCCn1cc(NCc2cccc3cnccc23)cn1. The molecule has 0 unspecified atom stereocenters. The van der Waals surface area contributed by atoms with Crippen LogP contribution in [0.4, 0.5) is 5.69 Å². The molecule has 0 radical (unpaired) electrons. The van der Waals surface area contributed by atoms with Gasteiger partial charge in [-0.1, -0.05) is 18.2 Å². The molecule has 21 heavy (non-hydrogen) atoms. The molecule has 0 amide bonds. The van der Waals surface area contributed by atoms with Crippen LogP contribution in [0.5, 0.6) is 0 Å². The van der Waals surface area contributed by atoms with Crippen molar-refractivity contribution in [3.8, 4) is 0 Å². The molecule has 108 valence electrons. The number of fused-ring (bicyclic) bond motifs is 1. The Kier molecular flexibility index (Phi) is 4.12. The standard InChI is InChI=1S/C16H18N4O/c1-21-8-7-20-12-15(11-19-20)18-10-14-4-2-3-13-9-17-6-5-16(13)14/h2-6,9,11-12,18H,7-8,10H2,1H3. The Balaban J connectivity index is 1.70. The normalized spacial score (nSPS) is 10.9. The van der Waals surface area contributed by atoms with E-state index in [9.17, 15) is 0 Å². The lowest BCUT2D eigenvalue weighted by atomic mass is 10.1. The van der Waals surface area contributed by atoms with Gasteiger partial charge in [0, 0.05) is 37.6 Å². The molecule has 0 bridgehead atoms. The quantitative estimate of drug-likeness (QED) is 0.755. The van der Waals surface area contributed by atoms with Crippen molar-refractivity contribution in [3.05, 3.63) is 54.6 Å². The molecule has 0 fully saturated rings. The van der Waals surface area contributed by atoms with E-state index in [0.29, 0.717) is 6.61 Å². The first-order valence-corrected chi connectivity index (χ1v) is 6.94. The third kappa shape index (κ3) is 3.20. The number of pyridine rings is 1. The van der Waals surface area contributed by atoms with Crippen LogP contribution in [0.15, 0.2) is 49.1 Å². The fraction of sp³-hybridized carbons (Fsp3) is 0.250. The van der Waals surface area contributed by atoms with Crippen molar-refractivity contribution < 1.29 is 4.74 Å². The number of ether oxygens (including phenoxy) is 1. The van der Waals surface area contributed by atoms with Crippen LogP contribution >= 0.6 is 0 Å². The summed E-state index contributed by atoms with van der Waals surface area (Å²) in [4.78, 5) is 4.16. The van der Waals surface area contributed by atoms with Gasteiger partial charge in [-0.15, -0.1) is 0 Å². The highest BCUT2D eigenvalue weighted by atomic mass is 16.5. The largest absolute Gasteiger partial charge is 0.383 e. The van der Waals surface area contributed by atoms with Crippen molar-refractivity contribution in [1.29, 1.82) is 0 Å². The van der Waals surface area contributed by atoms with Crippen molar-refractivity contribution >= 4 is 16.5 Å². The van der Waals surface area contributed by atoms with Crippen molar-refractivity contribution in [2.24, 2.45) is 0 Å². The predicted molar refractivity (Wildman–Crippen MR) is 83.2 cm³/mol. The van der Waals surface area contributed by atoms with Crippen LogP contribution < -0.4 is 5.32 Å². The van der Waals surface area contributed by atoms with Crippen molar-refractivity contribution in [2.45, 2.75) is 13.1 Å². The first-order valence-electron chi connectivity index (χ1n) is 6.94. The molecule has 0 aliphatic rings. The highest BCUT2D eigenvalue weighted by Gasteiger charge is 2.02. The van der Waals surface area contributed by atoms with Gasteiger partial charge in [0.2, 0.25) is 0 Å². The summed E-state index contributed by atoms with van der Waals surface area (Å²) in [6, 6.07) is 8.32. The molecule has 1 N–H and O–H groups in total. The second-order valence-electron chi connectivity index (χ2n) is 4.85. The predicted octanol–water partition coefficient (Wildman–Crippen LogP) is 2.69. The monoisotopic (exact) mass is 282 g/mol. The van der Waals surface area contributed by atoms with Gasteiger partial charge in [0.05, 0.1) is 25.0 Å². The molecule has 3 aromatic rings. The van der Waals surface area contributed by atoms with Crippen molar-refractivity contribution in [1.82, 2.24) is 14.8 Å². The number of methoxy groups -OCH3 is 1. The Morgan fingerprint density at radius 3 is 3.10 bits per heavy atom. The van der Waals surface area contributed by atoms with Gasteiger partial charge in [-0.2, -0.15) is 5.10 Å². The second-order valence-corrected chi connectivity index (χ2v) is 4.85. The minimum absolute atomic E-state index is 0.664. The third-order valence-corrected chi connectivity index (χ3v) is 3.41. The van der Waals surface area contributed by atoms with Gasteiger partial charge in [-0.05, 0) is 17.0 Å². The molecule has 2 heterocycles. The number of hydrogen-bond acceptors (Lipinski definition) is 4. The van der Waals surface area contributed by atoms with E-state index in [-0.39, 0.29) is 0 Å². The molecule has 3 rings (SSSR count). The zero-order valence-electron chi connectivity index (χ0n) is 12.0. The molecule has 1 aromatic carbocycles.